The third-order valence-electron chi connectivity index (χ3n) is 3.52. The van der Waals surface area contributed by atoms with Crippen molar-refractivity contribution >= 4 is 18.7 Å². The van der Waals surface area contributed by atoms with E-state index in [9.17, 15) is 4.79 Å². The first-order valence-corrected chi connectivity index (χ1v) is 6.53. The zero-order chi connectivity index (χ0) is 13.0. The minimum Gasteiger partial charge on any atom is -0.426 e. The maximum Gasteiger partial charge on any atom is 0.472 e. The average Bonchev–Trinajstić information content (AvgIpc) is 2.86. The third-order valence-corrected chi connectivity index (χ3v) is 3.52. The second-order valence-corrected chi connectivity index (χ2v) is 4.94. The van der Waals surface area contributed by atoms with E-state index in [4.69, 9.17) is 14.9 Å². The number of carbonyl (C=O) groups excluding carboxylic acids is 1. The van der Waals surface area contributed by atoms with Gasteiger partial charge >= 0.3 is 7.12 Å². The first-order valence-electron chi connectivity index (χ1n) is 6.53. The third kappa shape index (κ3) is 3.46. The molecule has 18 heavy (non-hydrogen) atoms. The van der Waals surface area contributed by atoms with Crippen molar-refractivity contribution < 1.29 is 19.7 Å². The number of rotatable bonds is 4. The summed E-state index contributed by atoms with van der Waals surface area (Å²) in [5.41, 5.74) is 0.986. The Morgan fingerprint density at radius 2 is 2.11 bits per heavy atom. The van der Waals surface area contributed by atoms with Gasteiger partial charge in [-0.15, -0.1) is 0 Å². The highest BCUT2D eigenvalue weighted by Crippen LogP contribution is 2.29. The molecule has 1 fully saturated rings. The molecule has 1 aliphatic heterocycles. The van der Waals surface area contributed by atoms with Gasteiger partial charge in [0.05, 0.1) is 12.2 Å². The van der Waals surface area contributed by atoms with Crippen LogP contribution in [0.4, 0.5) is 0 Å². The molecular formula is C11H19BN2O4. The van der Waals surface area contributed by atoms with E-state index < -0.39 is 13.2 Å². The summed E-state index contributed by atoms with van der Waals surface area (Å²) >= 11 is 0. The second kappa shape index (κ2) is 6.20. The number of nitrogens with one attached hydrogen (secondary N) is 1. The average molecular weight is 254 g/mol. The Balaban J connectivity index is 1.77. The van der Waals surface area contributed by atoms with Crippen molar-refractivity contribution in [2.75, 3.05) is 6.44 Å². The highest BCUT2D eigenvalue weighted by Gasteiger charge is 2.32. The molecule has 0 spiro atoms. The summed E-state index contributed by atoms with van der Waals surface area (Å²) in [4.78, 5) is 16.8. The highest BCUT2D eigenvalue weighted by atomic mass is 16.6. The molecule has 0 bridgehead atoms. The van der Waals surface area contributed by atoms with Crippen molar-refractivity contribution in [1.82, 2.24) is 5.32 Å². The van der Waals surface area contributed by atoms with E-state index >= 15 is 0 Å². The normalized spacial score (nSPS) is 24.3. The van der Waals surface area contributed by atoms with E-state index in [1.165, 1.54) is 19.3 Å². The fraction of sp³-hybridized carbons (Fsp3) is 0.818. The Morgan fingerprint density at radius 3 is 2.78 bits per heavy atom. The first-order chi connectivity index (χ1) is 8.66. The van der Waals surface area contributed by atoms with Crippen LogP contribution in [-0.2, 0) is 9.63 Å². The van der Waals surface area contributed by atoms with Crippen molar-refractivity contribution in [3.05, 3.63) is 0 Å². The van der Waals surface area contributed by atoms with Gasteiger partial charge in [0.15, 0.2) is 0 Å². The van der Waals surface area contributed by atoms with Gasteiger partial charge in [-0.05, 0) is 12.8 Å². The number of amides is 1. The van der Waals surface area contributed by atoms with Crippen molar-refractivity contribution in [1.29, 1.82) is 0 Å². The lowest BCUT2D eigenvalue weighted by Crippen LogP contribution is -2.41. The summed E-state index contributed by atoms with van der Waals surface area (Å²) in [6.07, 6.45) is 5.71. The maximum absolute atomic E-state index is 11.6. The van der Waals surface area contributed by atoms with E-state index in [2.05, 4.69) is 10.5 Å². The summed E-state index contributed by atoms with van der Waals surface area (Å²) in [7, 11) is -1.53. The second-order valence-electron chi connectivity index (χ2n) is 4.94. The predicted molar refractivity (Wildman–Crippen MR) is 66.7 cm³/mol. The molecule has 0 aromatic heterocycles. The molecule has 1 heterocycles. The van der Waals surface area contributed by atoms with Crippen molar-refractivity contribution in [3.8, 4) is 0 Å². The lowest BCUT2D eigenvalue weighted by atomic mass is 9.84. The standard InChI is InChI=1S/C11H19BN2O4/c15-11(13-7-12(16)17)10-6-9(14-18-10)8-4-2-1-3-5-8/h8,10,16-17H,1-7H2,(H,13,15). The zero-order valence-corrected chi connectivity index (χ0v) is 10.3. The van der Waals surface area contributed by atoms with Crippen molar-refractivity contribution in [3.63, 3.8) is 0 Å². The van der Waals surface area contributed by atoms with Crippen LogP contribution in [0.25, 0.3) is 0 Å². The lowest BCUT2D eigenvalue weighted by molar-refractivity contribution is -0.130. The SMILES string of the molecule is O=C(NCB(O)O)C1CC(C2CCCCC2)=NO1. The van der Waals surface area contributed by atoms with Gasteiger partial charge in [0.1, 0.15) is 0 Å². The smallest absolute Gasteiger partial charge is 0.426 e. The van der Waals surface area contributed by atoms with Crippen LogP contribution < -0.4 is 5.32 Å². The summed E-state index contributed by atoms with van der Waals surface area (Å²) in [6.45, 7) is 0. The summed E-state index contributed by atoms with van der Waals surface area (Å²) in [5, 5.41) is 23.8. The Kier molecular flexibility index (Phi) is 4.60. The molecule has 6 nitrogen and oxygen atoms in total. The molecule has 1 unspecified atom stereocenters. The molecule has 100 valence electrons. The van der Waals surface area contributed by atoms with Crippen LogP contribution in [0.15, 0.2) is 5.16 Å². The number of carbonyl (C=O) groups is 1. The van der Waals surface area contributed by atoms with Gasteiger partial charge in [-0.3, -0.25) is 4.79 Å². The van der Waals surface area contributed by atoms with Crippen LogP contribution in [-0.4, -0.2) is 41.3 Å². The van der Waals surface area contributed by atoms with E-state index in [0.717, 1.165) is 18.6 Å². The van der Waals surface area contributed by atoms with Crippen LogP contribution in [0.1, 0.15) is 38.5 Å². The van der Waals surface area contributed by atoms with Gasteiger partial charge in [-0.25, -0.2) is 0 Å². The quantitative estimate of drug-likeness (QED) is 0.608. The molecule has 3 N–H and O–H groups in total. The van der Waals surface area contributed by atoms with Gasteiger partial charge in [0, 0.05) is 12.3 Å². The van der Waals surface area contributed by atoms with Gasteiger partial charge in [0.2, 0.25) is 6.10 Å². The summed E-state index contributed by atoms with van der Waals surface area (Å²) in [5.74, 6) is 0.123. The number of hydrogen-bond acceptors (Lipinski definition) is 5. The van der Waals surface area contributed by atoms with E-state index in [-0.39, 0.29) is 12.4 Å². The largest absolute Gasteiger partial charge is 0.472 e. The Morgan fingerprint density at radius 1 is 1.39 bits per heavy atom. The summed E-state index contributed by atoms with van der Waals surface area (Å²) in [6, 6.07) is 0. The Hall–Kier alpha value is -1.08. The molecule has 1 amide bonds. The molecule has 7 heteroatoms. The lowest BCUT2D eigenvalue weighted by Gasteiger charge is -2.20. The van der Waals surface area contributed by atoms with Crippen LogP contribution in [0.5, 0.6) is 0 Å². The van der Waals surface area contributed by atoms with Crippen LogP contribution in [0, 0.1) is 5.92 Å². The minimum absolute atomic E-state index is 0.183. The fourth-order valence-corrected chi connectivity index (χ4v) is 2.52. The molecule has 0 aromatic carbocycles. The number of hydrogen-bond donors (Lipinski definition) is 3. The molecule has 0 radical (unpaired) electrons. The summed E-state index contributed by atoms with van der Waals surface area (Å²) < 4.78 is 0. The van der Waals surface area contributed by atoms with Crippen LogP contribution in [0.3, 0.4) is 0 Å². The topological polar surface area (TPSA) is 91.2 Å². The molecule has 1 saturated carbocycles. The minimum atomic E-state index is -1.53. The molecule has 1 atom stereocenters. The molecular weight excluding hydrogens is 235 g/mol. The Labute approximate surface area is 107 Å². The zero-order valence-electron chi connectivity index (χ0n) is 10.3. The number of nitrogens with zero attached hydrogens (tertiary/aromatic N) is 1. The predicted octanol–water partition coefficient (Wildman–Crippen LogP) is -0.160. The van der Waals surface area contributed by atoms with Gasteiger partial charge < -0.3 is 20.2 Å². The first kappa shape index (κ1) is 13.4. The van der Waals surface area contributed by atoms with Gasteiger partial charge in [-0.1, -0.05) is 24.4 Å². The van der Waals surface area contributed by atoms with E-state index in [1.807, 2.05) is 0 Å². The van der Waals surface area contributed by atoms with Crippen molar-refractivity contribution in [2.24, 2.45) is 11.1 Å². The monoisotopic (exact) mass is 254 g/mol. The molecule has 2 aliphatic rings. The van der Waals surface area contributed by atoms with Crippen LogP contribution >= 0.6 is 0 Å². The fourth-order valence-electron chi connectivity index (χ4n) is 2.52. The van der Waals surface area contributed by atoms with Gasteiger partial charge in [0.25, 0.3) is 5.91 Å². The van der Waals surface area contributed by atoms with E-state index in [0.29, 0.717) is 12.3 Å². The highest BCUT2D eigenvalue weighted by molar-refractivity contribution is 6.41. The van der Waals surface area contributed by atoms with Gasteiger partial charge in [-0.2, -0.15) is 0 Å². The molecule has 0 saturated heterocycles. The maximum atomic E-state index is 11.6. The Bertz CT molecular complexity index is 329. The number of oxime groups is 1. The molecule has 0 aromatic rings. The molecule has 1 aliphatic carbocycles. The molecule has 2 rings (SSSR count). The van der Waals surface area contributed by atoms with E-state index in [1.54, 1.807) is 0 Å². The van der Waals surface area contributed by atoms with Crippen molar-refractivity contribution in [2.45, 2.75) is 44.6 Å². The van der Waals surface area contributed by atoms with Crippen LogP contribution in [0.2, 0.25) is 0 Å².